The molecule has 1 unspecified atom stereocenters. The average Bonchev–Trinajstić information content (AvgIpc) is 2.75. The number of rotatable bonds is 4. The summed E-state index contributed by atoms with van der Waals surface area (Å²) in [6.45, 7) is 1.65. The maximum atomic E-state index is 12.3. The van der Waals surface area contributed by atoms with Gasteiger partial charge < -0.3 is 10.4 Å². The van der Waals surface area contributed by atoms with E-state index in [-0.39, 0.29) is 11.8 Å². The van der Waals surface area contributed by atoms with Crippen LogP contribution in [0.25, 0.3) is 0 Å². The molecule has 0 aromatic heterocycles. The minimum Gasteiger partial charge on any atom is -0.481 e. The number of aliphatic carboxylic acids is 1. The summed E-state index contributed by atoms with van der Waals surface area (Å²) in [5.41, 5.74) is 1.40. The summed E-state index contributed by atoms with van der Waals surface area (Å²) in [6.07, 6.45) is 6.58. The summed E-state index contributed by atoms with van der Waals surface area (Å²) >= 11 is 0. The van der Waals surface area contributed by atoms with E-state index in [9.17, 15) is 9.59 Å². The van der Waals surface area contributed by atoms with Gasteiger partial charge in [0.25, 0.3) is 0 Å². The molecule has 2 N–H and O–H groups in total. The molecule has 1 saturated carbocycles. The van der Waals surface area contributed by atoms with Gasteiger partial charge >= 0.3 is 5.97 Å². The van der Waals surface area contributed by atoms with E-state index in [1.807, 2.05) is 6.07 Å². The first-order valence-electron chi connectivity index (χ1n) is 7.71. The Labute approximate surface area is 125 Å². The van der Waals surface area contributed by atoms with Gasteiger partial charge in [0.1, 0.15) is 0 Å². The van der Waals surface area contributed by atoms with Crippen molar-refractivity contribution in [1.82, 2.24) is 0 Å². The Morgan fingerprint density at radius 1 is 1.19 bits per heavy atom. The predicted molar refractivity (Wildman–Crippen MR) is 82.3 cm³/mol. The first kappa shape index (κ1) is 15.5. The lowest BCUT2D eigenvalue weighted by molar-refractivity contribution is -0.138. The molecular weight excluding hydrogens is 266 g/mol. The van der Waals surface area contributed by atoms with Crippen molar-refractivity contribution in [2.45, 2.75) is 51.4 Å². The minimum absolute atomic E-state index is 0.0667. The van der Waals surface area contributed by atoms with Crippen LogP contribution < -0.4 is 5.32 Å². The molecule has 0 aliphatic heterocycles. The van der Waals surface area contributed by atoms with Gasteiger partial charge in [-0.1, -0.05) is 37.8 Å². The van der Waals surface area contributed by atoms with Crippen molar-refractivity contribution < 1.29 is 14.7 Å². The molecule has 4 heteroatoms. The molecule has 21 heavy (non-hydrogen) atoms. The van der Waals surface area contributed by atoms with E-state index in [2.05, 4.69) is 5.32 Å². The van der Waals surface area contributed by atoms with Crippen molar-refractivity contribution in [2.24, 2.45) is 5.92 Å². The molecule has 1 fully saturated rings. The smallest absolute Gasteiger partial charge is 0.310 e. The minimum atomic E-state index is -0.859. The zero-order chi connectivity index (χ0) is 15.2. The lowest BCUT2D eigenvalue weighted by atomic mass is 9.98. The van der Waals surface area contributed by atoms with E-state index >= 15 is 0 Å². The largest absolute Gasteiger partial charge is 0.481 e. The fourth-order valence-corrected chi connectivity index (χ4v) is 2.81. The predicted octanol–water partition coefficient (Wildman–Crippen LogP) is 3.78. The van der Waals surface area contributed by atoms with E-state index in [1.54, 1.807) is 25.1 Å². The first-order chi connectivity index (χ1) is 10.1. The number of anilines is 1. The quantitative estimate of drug-likeness (QED) is 0.829. The Morgan fingerprint density at radius 3 is 2.48 bits per heavy atom. The molecule has 1 aromatic carbocycles. The maximum absolute atomic E-state index is 12.3. The van der Waals surface area contributed by atoms with Crippen LogP contribution in [0, 0.1) is 5.92 Å². The third-order valence-corrected chi connectivity index (χ3v) is 4.25. The second-order valence-electron chi connectivity index (χ2n) is 5.86. The normalized spacial score (nSPS) is 17.8. The summed E-state index contributed by atoms with van der Waals surface area (Å²) in [7, 11) is 0. The van der Waals surface area contributed by atoms with Crippen molar-refractivity contribution in [3.05, 3.63) is 29.8 Å². The molecule has 2 rings (SSSR count). The van der Waals surface area contributed by atoms with Crippen LogP contribution in [0.3, 0.4) is 0 Å². The number of hydrogen-bond donors (Lipinski definition) is 2. The second-order valence-corrected chi connectivity index (χ2v) is 5.86. The van der Waals surface area contributed by atoms with Gasteiger partial charge in [0.05, 0.1) is 5.92 Å². The molecule has 0 saturated heterocycles. The van der Waals surface area contributed by atoms with Crippen LogP contribution >= 0.6 is 0 Å². The number of carboxylic acid groups (broad SMARTS) is 1. The van der Waals surface area contributed by atoms with Gasteiger partial charge in [0.15, 0.2) is 0 Å². The van der Waals surface area contributed by atoms with Gasteiger partial charge in [-0.2, -0.15) is 0 Å². The number of carbonyl (C=O) groups is 2. The van der Waals surface area contributed by atoms with E-state index in [4.69, 9.17) is 5.11 Å². The molecule has 4 nitrogen and oxygen atoms in total. The van der Waals surface area contributed by atoms with Crippen molar-refractivity contribution in [3.8, 4) is 0 Å². The molecule has 1 aliphatic carbocycles. The van der Waals surface area contributed by atoms with E-state index < -0.39 is 11.9 Å². The molecule has 1 aliphatic rings. The molecule has 0 spiro atoms. The molecule has 0 heterocycles. The molecule has 1 atom stereocenters. The van der Waals surface area contributed by atoms with Gasteiger partial charge in [0, 0.05) is 11.6 Å². The molecule has 0 bridgehead atoms. The summed E-state index contributed by atoms with van der Waals surface area (Å²) in [5.74, 6) is -1.27. The molecule has 114 valence electrons. The van der Waals surface area contributed by atoms with Crippen LogP contribution in [-0.4, -0.2) is 17.0 Å². The SMILES string of the molecule is CC(C(=O)O)c1cccc(NC(=O)C2CCCCCC2)c1. The summed E-state index contributed by atoms with van der Waals surface area (Å²) in [5, 5.41) is 12.0. The lowest BCUT2D eigenvalue weighted by Gasteiger charge is -2.15. The van der Waals surface area contributed by atoms with Crippen LogP contribution in [-0.2, 0) is 9.59 Å². The van der Waals surface area contributed by atoms with Crippen LogP contribution in [0.2, 0.25) is 0 Å². The maximum Gasteiger partial charge on any atom is 0.310 e. The summed E-state index contributed by atoms with van der Waals surface area (Å²) in [4.78, 5) is 23.3. The zero-order valence-electron chi connectivity index (χ0n) is 12.5. The second kappa shape index (κ2) is 7.25. The number of amides is 1. The molecule has 0 radical (unpaired) electrons. The highest BCUT2D eigenvalue weighted by molar-refractivity contribution is 5.92. The van der Waals surface area contributed by atoms with Gasteiger partial charge in [0.2, 0.25) is 5.91 Å². The van der Waals surface area contributed by atoms with Gasteiger partial charge in [-0.15, -0.1) is 0 Å². The molecule has 1 amide bonds. The van der Waals surface area contributed by atoms with E-state index in [0.717, 1.165) is 25.7 Å². The highest BCUT2D eigenvalue weighted by Gasteiger charge is 2.20. The topological polar surface area (TPSA) is 66.4 Å². The third-order valence-electron chi connectivity index (χ3n) is 4.25. The number of hydrogen-bond acceptors (Lipinski definition) is 2. The monoisotopic (exact) mass is 289 g/mol. The number of benzene rings is 1. The Balaban J connectivity index is 2.03. The van der Waals surface area contributed by atoms with Gasteiger partial charge in [-0.05, 0) is 37.5 Å². The molecule has 1 aromatic rings. The van der Waals surface area contributed by atoms with E-state index in [1.165, 1.54) is 12.8 Å². The third kappa shape index (κ3) is 4.31. The highest BCUT2D eigenvalue weighted by atomic mass is 16.4. The van der Waals surface area contributed by atoms with Crippen LogP contribution in [0.1, 0.15) is 56.9 Å². The van der Waals surface area contributed by atoms with Gasteiger partial charge in [-0.25, -0.2) is 0 Å². The zero-order valence-corrected chi connectivity index (χ0v) is 12.5. The Bertz CT molecular complexity index is 505. The summed E-state index contributed by atoms with van der Waals surface area (Å²) in [6, 6.07) is 7.14. The Kier molecular flexibility index (Phi) is 5.37. The van der Waals surface area contributed by atoms with Crippen LogP contribution in [0.15, 0.2) is 24.3 Å². The van der Waals surface area contributed by atoms with Gasteiger partial charge in [-0.3, -0.25) is 9.59 Å². The van der Waals surface area contributed by atoms with Crippen molar-refractivity contribution in [2.75, 3.05) is 5.32 Å². The van der Waals surface area contributed by atoms with Crippen LogP contribution in [0.5, 0.6) is 0 Å². The first-order valence-corrected chi connectivity index (χ1v) is 7.71. The van der Waals surface area contributed by atoms with Crippen molar-refractivity contribution >= 4 is 17.6 Å². The number of carbonyl (C=O) groups excluding carboxylic acids is 1. The highest BCUT2D eigenvalue weighted by Crippen LogP contribution is 2.25. The summed E-state index contributed by atoms with van der Waals surface area (Å²) < 4.78 is 0. The van der Waals surface area contributed by atoms with Crippen LogP contribution in [0.4, 0.5) is 5.69 Å². The van der Waals surface area contributed by atoms with E-state index in [0.29, 0.717) is 11.3 Å². The molecular formula is C17H23NO3. The fraction of sp³-hybridized carbons (Fsp3) is 0.529. The van der Waals surface area contributed by atoms with Crippen molar-refractivity contribution in [3.63, 3.8) is 0 Å². The fourth-order valence-electron chi connectivity index (χ4n) is 2.81. The van der Waals surface area contributed by atoms with Crippen molar-refractivity contribution in [1.29, 1.82) is 0 Å². The lowest BCUT2D eigenvalue weighted by Crippen LogP contribution is -2.22. The average molecular weight is 289 g/mol. The number of nitrogens with one attached hydrogen (secondary N) is 1. The Hall–Kier alpha value is -1.84. The Morgan fingerprint density at radius 2 is 1.86 bits per heavy atom. The standard InChI is InChI=1S/C17H23NO3/c1-12(17(20)21)14-9-6-10-15(11-14)18-16(19)13-7-4-2-3-5-8-13/h6,9-13H,2-5,7-8H2,1H3,(H,18,19)(H,20,21). The number of carboxylic acids is 1.